The molecule has 0 aliphatic carbocycles. The maximum Gasteiger partial charge on any atom is 0.117 e. The monoisotopic (exact) mass is 238 g/mol. The first kappa shape index (κ1) is 12.6. The zero-order chi connectivity index (χ0) is 12.3. The highest BCUT2D eigenvalue weighted by atomic mass is 16.3. The lowest BCUT2D eigenvalue weighted by atomic mass is 9.92. The number of nitrogens with zero attached hydrogens (tertiary/aromatic N) is 2. The average molecular weight is 238 g/mol. The van der Waals surface area contributed by atoms with Gasteiger partial charge in [-0.2, -0.15) is 0 Å². The molecule has 4 nitrogen and oxygen atoms in total. The highest BCUT2D eigenvalue weighted by Gasteiger charge is 2.32. The Morgan fingerprint density at radius 3 is 3.06 bits per heavy atom. The predicted molar refractivity (Wildman–Crippen MR) is 66.7 cm³/mol. The van der Waals surface area contributed by atoms with Crippen LogP contribution in [0.1, 0.15) is 18.6 Å². The molecule has 0 unspecified atom stereocenters. The van der Waals surface area contributed by atoms with Gasteiger partial charge in [-0.25, -0.2) is 0 Å². The van der Waals surface area contributed by atoms with Crippen LogP contribution in [0.2, 0.25) is 0 Å². The number of aliphatic hydroxyl groups is 1. The predicted octanol–water partition coefficient (Wildman–Crippen LogP) is 1.17. The second-order valence-electron chi connectivity index (χ2n) is 5.32. The Balaban J connectivity index is 1.86. The molecule has 1 atom stereocenters. The third-order valence-electron chi connectivity index (χ3n) is 3.32. The Hall–Kier alpha value is -0.840. The Morgan fingerprint density at radius 2 is 2.41 bits per heavy atom. The molecule has 1 fully saturated rings. The van der Waals surface area contributed by atoms with Crippen LogP contribution in [0.4, 0.5) is 0 Å². The van der Waals surface area contributed by atoms with Crippen LogP contribution in [-0.2, 0) is 6.54 Å². The molecule has 1 aromatic heterocycles. The first-order chi connectivity index (χ1) is 8.07. The molecular formula is C13H22N2O2. The molecule has 0 amide bonds. The molecule has 4 heteroatoms. The summed E-state index contributed by atoms with van der Waals surface area (Å²) >= 11 is 0. The van der Waals surface area contributed by atoms with Crippen molar-refractivity contribution in [1.29, 1.82) is 0 Å². The van der Waals surface area contributed by atoms with E-state index in [4.69, 9.17) is 4.42 Å². The van der Waals surface area contributed by atoms with Crippen LogP contribution in [0, 0.1) is 0 Å². The zero-order valence-corrected chi connectivity index (χ0v) is 10.7. The number of hydrogen-bond donors (Lipinski definition) is 1. The number of piperidine rings is 1. The van der Waals surface area contributed by atoms with Gasteiger partial charge in [0.1, 0.15) is 5.76 Å². The Labute approximate surface area is 103 Å². The topological polar surface area (TPSA) is 39.9 Å². The normalized spacial score (nSPS) is 26.6. The summed E-state index contributed by atoms with van der Waals surface area (Å²) in [4.78, 5) is 4.32. The lowest BCUT2D eigenvalue weighted by Gasteiger charge is -2.39. The summed E-state index contributed by atoms with van der Waals surface area (Å²) < 4.78 is 5.31. The molecule has 0 bridgehead atoms. The summed E-state index contributed by atoms with van der Waals surface area (Å²) in [6, 6.07) is 3.86. The van der Waals surface area contributed by atoms with Crippen molar-refractivity contribution in [2.75, 3.05) is 33.7 Å². The lowest BCUT2D eigenvalue weighted by molar-refractivity contribution is -0.0448. The highest BCUT2D eigenvalue weighted by Crippen LogP contribution is 2.21. The second kappa shape index (κ2) is 5.21. The van der Waals surface area contributed by atoms with Crippen molar-refractivity contribution in [3.05, 3.63) is 24.2 Å². The van der Waals surface area contributed by atoms with Crippen molar-refractivity contribution in [2.45, 2.75) is 25.0 Å². The van der Waals surface area contributed by atoms with Gasteiger partial charge in [-0.1, -0.05) is 0 Å². The van der Waals surface area contributed by atoms with Gasteiger partial charge in [0.2, 0.25) is 0 Å². The van der Waals surface area contributed by atoms with E-state index in [1.807, 2.05) is 19.2 Å². The number of rotatable bonds is 4. The molecule has 1 aromatic rings. The molecule has 0 radical (unpaired) electrons. The van der Waals surface area contributed by atoms with Gasteiger partial charge in [-0.15, -0.1) is 0 Å². The third-order valence-corrected chi connectivity index (χ3v) is 3.32. The Morgan fingerprint density at radius 1 is 1.59 bits per heavy atom. The molecule has 0 spiro atoms. The summed E-state index contributed by atoms with van der Waals surface area (Å²) in [6.45, 7) is 3.29. The molecule has 2 heterocycles. The van der Waals surface area contributed by atoms with Crippen LogP contribution < -0.4 is 0 Å². The molecule has 1 saturated heterocycles. The summed E-state index contributed by atoms with van der Waals surface area (Å²) in [5.41, 5.74) is -0.575. The van der Waals surface area contributed by atoms with Crippen LogP contribution >= 0.6 is 0 Å². The maximum atomic E-state index is 10.5. The van der Waals surface area contributed by atoms with Crippen LogP contribution in [0.25, 0.3) is 0 Å². The summed E-state index contributed by atoms with van der Waals surface area (Å²) in [5.74, 6) is 0.945. The molecule has 17 heavy (non-hydrogen) atoms. The van der Waals surface area contributed by atoms with Crippen LogP contribution in [0.15, 0.2) is 22.8 Å². The molecule has 1 N–H and O–H groups in total. The van der Waals surface area contributed by atoms with Crippen LogP contribution in [-0.4, -0.2) is 54.2 Å². The average Bonchev–Trinajstić information content (AvgIpc) is 2.68. The van der Waals surface area contributed by atoms with Crippen molar-refractivity contribution >= 4 is 0 Å². The molecule has 0 saturated carbocycles. The molecule has 96 valence electrons. The van der Waals surface area contributed by atoms with Crippen molar-refractivity contribution < 1.29 is 9.52 Å². The summed E-state index contributed by atoms with van der Waals surface area (Å²) in [5, 5.41) is 10.5. The molecule has 1 aliphatic rings. The molecule has 2 rings (SSSR count). The van der Waals surface area contributed by atoms with E-state index in [1.165, 1.54) is 0 Å². The largest absolute Gasteiger partial charge is 0.468 e. The molecule has 1 aliphatic heterocycles. The first-order valence-corrected chi connectivity index (χ1v) is 6.19. The van der Waals surface area contributed by atoms with Crippen molar-refractivity contribution in [3.8, 4) is 0 Å². The summed E-state index contributed by atoms with van der Waals surface area (Å²) in [6.07, 6.45) is 3.65. The number of hydrogen-bond acceptors (Lipinski definition) is 4. The molecular weight excluding hydrogens is 216 g/mol. The van der Waals surface area contributed by atoms with E-state index in [1.54, 1.807) is 6.26 Å². The van der Waals surface area contributed by atoms with Gasteiger partial charge in [0.15, 0.2) is 0 Å². The number of likely N-dealkylation sites (N-methyl/N-ethyl adjacent to an activating group) is 2. The fourth-order valence-electron chi connectivity index (χ4n) is 2.69. The van der Waals surface area contributed by atoms with Gasteiger partial charge in [0.25, 0.3) is 0 Å². The van der Waals surface area contributed by atoms with Crippen molar-refractivity contribution in [1.82, 2.24) is 9.80 Å². The highest BCUT2D eigenvalue weighted by molar-refractivity contribution is 4.98. The van der Waals surface area contributed by atoms with Gasteiger partial charge >= 0.3 is 0 Å². The third kappa shape index (κ3) is 3.56. The van der Waals surface area contributed by atoms with Gasteiger partial charge in [-0.05, 0) is 45.6 Å². The standard InChI is InChI=1S/C13H22N2O2/c1-14-7-4-6-13(16,10-14)11-15(2)9-12-5-3-8-17-12/h3,5,8,16H,4,6-7,9-11H2,1-2H3/t13-/m1/s1. The first-order valence-electron chi connectivity index (χ1n) is 6.19. The van der Waals surface area contributed by atoms with E-state index in [0.717, 1.165) is 38.2 Å². The number of likely N-dealkylation sites (tertiary alicyclic amines) is 1. The molecule has 0 aromatic carbocycles. The van der Waals surface area contributed by atoms with E-state index in [-0.39, 0.29) is 0 Å². The van der Waals surface area contributed by atoms with Crippen molar-refractivity contribution in [2.24, 2.45) is 0 Å². The lowest BCUT2D eigenvalue weighted by Crippen LogP contribution is -2.52. The van der Waals surface area contributed by atoms with E-state index in [2.05, 4.69) is 16.8 Å². The summed E-state index contributed by atoms with van der Waals surface area (Å²) in [7, 11) is 4.09. The van der Waals surface area contributed by atoms with E-state index in [9.17, 15) is 5.11 Å². The smallest absolute Gasteiger partial charge is 0.117 e. The van der Waals surface area contributed by atoms with Gasteiger partial charge in [0, 0.05) is 13.1 Å². The maximum absolute atomic E-state index is 10.5. The SMILES string of the molecule is CN1CCC[C@](O)(CN(C)Cc2ccco2)C1. The van der Waals surface area contributed by atoms with Gasteiger partial charge in [0.05, 0.1) is 18.4 Å². The van der Waals surface area contributed by atoms with Crippen molar-refractivity contribution in [3.63, 3.8) is 0 Å². The number of furan rings is 1. The quantitative estimate of drug-likeness (QED) is 0.854. The minimum atomic E-state index is -0.575. The Bertz CT molecular complexity index is 339. The number of β-amino-alcohol motifs (C(OH)–C–C–N with tert-alkyl or cyclic N) is 1. The fraction of sp³-hybridized carbons (Fsp3) is 0.692. The van der Waals surface area contributed by atoms with Gasteiger partial charge < -0.3 is 14.4 Å². The van der Waals surface area contributed by atoms with E-state index < -0.39 is 5.60 Å². The van der Waals surface area contributed by atoms with Crippen LogP contribution in [0.5, 0.6) is 0 Å². The second-order valence-corrected chi connectivity index (χ2v) is 5.32. The minimum Gasteiger partial charge on any atom is -0.468 e. The zero-order valence-electron chi connectivity index (χ0n) is 10.7. The van der Waals surface area contributed by atoms with Gasteiger partial charge in [-0.3, -0.25) is 4.90 Å². The minimum absolute atomic E-state index is 0.575. The Kier molecular flexibility index (Phi) is 3.86. The van der Waals surface area contributed by atoms with Crippen LogP contribution in [0.3, 0.4) is 0 Å². The fourth-order valence-corrected chi connectivity index (χ4v) is 2.69. The van der Waals surface area contributed by atoms with E-state index in [0.29, 0.717) is 6.54 Å². The van der Waals surface area contributed by atoms with E-state index >= 15 is 0 Å².